The lowest BCUT2D eigenvalue weighted by Gasteiger charge is -2.38. The van der Waals surface area contributed by atoms with Crippen LogP contribution in [0, 0.1) is 0 Å². The maximum absolute atomic E-state index is 11.4. The van der Waals surface area contributed by atoms with Gasteiger partial charge < -0.3 is 20.7 Å². The van der Waals surface area contributed by atoms with E-state index in [1.165, 1.54) is 19.3 Å². The number of carbonyl (C=O) groups is 1. The van der Waals surface area contributed by atoms with E-state index in [1.807, 2.05) is 12.1 Å². The van der Waals surface area contributed by atoms with Crippen LogP contribution >= 0.6 is 0 Å². The van der Waals surface area contributed by atoms with Crippen LogP contribution in [0.1, 0.15) is 32.6 Å². The first-order valence-corrected chi connectivity index (χ1v) is 7.32. The van der Waals surface area contributed by atoms with Crippen LogP contribution in [0.5, 0.6) is 5.75 Å². The molecular formula is C15H21N3O2. The van der Waals surface area contributed by atoms with Crippen molar-refractivity contribution in [1.29, 1.82) is 0 Å². The SMILES string of the molecule is CCC1CCCCN1c1cc2c(cc1N)OCC(=O)N2. The zero-order valence-electron chi connectivity index (χ0n) is 11.8. The lowest BCUT2D eigenvalue weighted by atomic mass is 9.98. The maximum atomic E-state index is 11.4. The predicted octanol–water partition coefficient (Wildman–Crippen LogP) is 2.37. The summed E-state index contributed by atoms with van der Waals surface area (Å²) in [5.41, 5.74) is 8.66. The minimum absolute atomic E-state index is 0.0626. The van der Waals surface area contributed by atoms with Gasteiger partial charge in [0.25, 0.3) is 5.91 Å². The van der Waals surface area contributed by atoms with Crippen LogP contribution in [0.3, 0.4) is 0 Å². The van der Waals surface area contributed by atoms with E-state index < -0.39 is 0 Å². The number of rotatable bonds is 2. The van der Waals surface area contributed by atoms with Crippen molar-refractivity contribution in [3.63, 3.8) is 0 Å². The first kappa shape index (κ1) is 13.1. The van der Waals surface area contributed by atoms with E-state index in [0.29, 0.717) is 11.8 Å². The Kier molecular flexibility index (Phi) is 3.42. The molecule has 3 N–H and O–H groups in total. The molecule has 0 spiro atoms. The molecule has 0 aliphatic carbocycles. The second kappa shape index (κ2) is 5.23. The normalized spacial score (nSPS) is 21.9. The summed E-state index contributed by atoms with van der Waals surface area (Å²) in [6, 6.07) is 4.31. The average molecular weight is 275 g/mol. The first-order chi connectivity index (χ1) is 9.69. The zero-order valence-corrected chi connectivity index (χ0v) is 11.8. The second-order valence-electron chi connectivity index (χ2n) is 5.50. The van der Waals surface area contributed by atoms with Crippen molar-refractivity contribution < 1.29 is 9.53 Å². The Labute approximate surface area is 119 Å². The number of amides is 1. The van der Waals surface area contributed by atoms with E-state index in [-0.39, 0.29) is 12.5 Å². The number of piperidine rings is 1. The number of carbonyl (C=O) groups excluding carboxylic acids is 1. The molecule has 0 bridgehead atoms. The highest BCUT2D eigenvalue weighted by Crippen LogP contribution is 2.39. The Morgan fingerprint density at radius 2 is 2.30 bits per heavy atom. The van der Waals surface area contributed by atoms with E-state index in [9.17, 15) is 4.79 Å². The molecule has 20 heavy (non-hydrogen) atoms. The summed E-state index contributed by atoms with van der Waals surface area (Å²) >= 11 is 0. The van der Waals surface area contributed by atoms with Crippen molar-refractivity contribution in [3.8, 4) is 5.75 Å². The van der Waals surface area contributed by atoms with Gasteiger partial charge in [-0.25, -0.2) is 0 Å². The average Bonchev–Trinajstić information content (AvgIpc) is 2.47. The van der Waals surface area contributed by atoms with Gasteiger partial charge >= 0.3 is 0 Å². The number of benzene rings is 1. The van der Waals surface area contributed by atoms with E-state index >= 15 is 0 Å². The summed E-state index contributed by atoms with van der Waals surface area (Å²) in [5.74, 6) is 0.551. The Morgan fingerprint density at radius 1 is 1.45 bits per heavy atom. The number of hydrogen-bond acceptors (Lipinski definition) is 4. The third-order valence-electron chi connectivity index (χ3n) is 4.17. The van der Waals surface area contributed by atoms with Gasteiger partial charge in [0.15, 0.2) is 6.61 Å². The Morgan fingerprint density at radius 3 is 3.10 bits per heavy atom. The molecule has 1 fully saturated rings. The van der Waals surface area contributed by atoms with Crippen LogP contribution in [0.2, 0.25) is 0 Å². The Balaban J connectivity index is 1.96. The number of fused-ring (bicyclic) bond motifs is 1. The fraction of sp³-hybridized carbons (Fsp3) is 0.533. The summed E-state index contributed by atoms with van der Waals surface area (Å²) in [4.78, 5) is 13.8. The minimum atomic E-state index is -0.112. The van der Waals surface area contributed by atoms with Crippen LogP contribution in [0.15, 0.2) is 12.1 Å². The lowest BCUT2D eigenvalue weighted by molar-refractivity contribution is -0.118. The third kappa shape index (κ3) is 2.28. The minimum Gasteiger partial charge on any atom is -0.482 e. The first-order valence-electron chi connectivity index (χ1n) is 7.32. The lowest BCUT2D eigenvalue weighted by Crippen LogP contribution is -2.39. The van der Waals surface area contributed by atoms with Crippen LogP contribution in [-0.2, 0) is 4.79 Å². The maximum Gasteiger partial charge on any atom is 0.262 e. The highest BCUT2D eigenvalue weighted by atomic mass is 16.5. The molecule has 1 atom stereocenters. The van der Waals surface area contributed by atoms with Gasteiger partial charge in [-0.15, -0.1) is 0 Å². The number of nitrogens with one attached hydrogen (secondary N) is 1. The van der Waals surface area contributed by atoms with Gasteiger partial charge in [-0.2, -0.15) is 0 Å². The molecule has 2 aliphatic rings. The molecule has 1 saturated heterocycles. The fourth-order valence-corrected chi connectivity index (χ4v) is 3.12. The number of nitrogen functional groups attached to an aromatic ring is 1. The van der Waals surface area contributed by atoms with Gasteiger partial charge in [0.1, 0.15) is 5.75 Å². The number of nitrogens with two attached hydrogens (primary N) is 1. The molecule has 0 radical (unpaired) electrons. The summed E-state index contributed by atoms with van der Waals surface area (Å²) in [6.45, 7) is 3.30. The van der Waals surface area contributed by atoms with Gasteiger partial charge in [-0.1, -0.05) is 6.92 Å². The predicted molar refractivity (Wildman–Crippen MR) is 80.3 cm³/mol. The van der Waals surface area contributed by atoms with Crippen molar-refractivity contribution >= 4 is 23.0 Å². The summed E-state index contributed by atoms with van der Waals surface area (Å²) < 4.78 is 5.40. The second-order valence-corrected chi connectivity index (χ2v) is 5.50. The smallest absolute Gasteiger partial charge is 0.262 e. The molecule has 0 saturated carbocycles. The van der Waals surface area contributed by atoms with Gasteiger partial charge in [-0.05, 0) is 31.7 Å². The van der Waals surface area contributed by atoms with Crippen molar-refractivity contribution in [1.82, 2.24) is 0 Å². The van der Waals surface area contributed by atoms with Crippen molar-refractivity contribution in [2.75, 3.05) is 29.1 Å². The van der Waals surface area contributed by atoms with Gasteiger partial charge in [0.2, 0.25) is 0 Å². The van der Waals surface area contributed by atoms with Crippen LogP contribution in [-0.4, -0.2) is 25.1 Å². The molecular weight excluding hydrogens is 254 g/mol. The molecule has 5 nitrogen and oxygen atoms in total. The fourth-order valence-electron chi connectivity index (χ4n) is 3.12. The van der Waals surface area contributed by atoms with E-state index in [4.69, 9.17) is 10.5 Å². The van der Waals surface area contributed by atoms with Gasteiger partial charge in [0.05, 0.1) is 17.1 Å². The number of hydrogen-bond donors (Lipinski definition) is 2. The quantitative estimate of drug-likeness (QED) is 0.813. The van der Waals surface area contributed by atoms with Crippen LogP contribution < -0.4 is 20.7 Å². The molecule has 3 rings (SSSR count). The zero-order chi connectivity index (χ0) is 14.1. The Hall–Kier alpha value is -1.91. The standard InChI is InChI=1S/C15H21N3O2/c1-2-10-5-3-4-6-18(10)13-8-12-14(7-11(13)16)20-9-15(19)17-12/h7-8,10H,2-6,9,16H2,1H3,(H,17,19). The molecule has 5 heteroatoms. The van der Waals surface area contributed by atoms with Gasteiger partial charge in [0, 0.05) is 18.7 Å². The molecule has 1 aromatic rings. The van der Waals surface area contributed by atoms with Crippen LogP contribution in [0.25, 0.3) is 0 Å². The molecule has 0 aromatic heterocycles. The summed E-state index contributed by atoms with van der Waals surface area (Å²) in [7, 11) is 0. The van der Waals surface area contributed by atoms with E-state index in [2.05, 4.69) is 17.1 Å². The highest BCUT2D eigenvalue weighted by molar-refractivity contribution is 5.97. The molecule has 1 aromatic carbocycles. The topological polar surface area (TPSA) is 67.6 Å². The molecule has 108 valence electrons. The number of ether oxygens (including phenoxy) is 1. The van der Waals surface area contributed by atoms with Crippen molar-refractivity contribution in [2.24, 2.45) is 0 Å². The number of nitrogens with zero attached hydrogens (tertiary/aromatic N) is 1. The van der Waals surface area contributed by atoms with Crippen molar-refractivity contribution in [2.45, 2.75) is 38.6 Å². The molecule has 1 amide bonds. The largest absolute Gasteiger partial charge is 0.482 e. The van der Waals surface area contributed by atoms with Gasteiger partial charge in [-0.3, -0.25) is 4.79 Å². The highest BCUT2D eigenvalue weighted by Gasteiger charge is 2.25. The third-order valence-corrected chi connectivity index (χ3v) is 4.17. The summed E-state index contributed by atoms with van der Waals surface area (Å²) in [5, 5.41) is 2.85. The van der Waals surface area contributed by atoms with E-state index in [1.54, 1.807) is 0 Å². The Bertz CT molecular complexity index is 530. The van der Waals surface area contributed by atoms with Crippen molar-refractivity contribution in [3.05, 3.63) is 12.1 Å². The monoisotopic (exact) mass is 275 g/mol. The van der Waals surface area contributed by atoms with Crippen LogP contribution in [0.4, 0.5) is 17.1 Å². The van der Waals surface area contributed by atoms with E-state index in [0.717, 1.165) is 30.0 Å². The molecule has 2 aliphatic heterocycles. The molecule has 2 heterocycles. The summed E-state index contributed by atoms with van der Waals surface area (Å²) in [6.07, 6.45) is 4.78. The molecule has 1 unspecified atom stereocenters. The number of anilines is 3.